The van der Waals surface area contributed by atoms with Crippen molar-refractivity contribution in [2.24, 2.45) is 0 Å². The maximum Gasteiger partial charge on any atom is 0.216 e. The van der Waals surface area contributed by atoms with Crippen LogP contribution in [0.2, 0.25) is 0 Å². The highest BCUT2D eigenvalue weighted by molar-refractivity contribution is 7.84. The summed E-state index contributed by atoms with van der Waals surface area (Å²) in [7, 11) is -0.884. The van der Waals surface area contributed by atoms with Crippen LogP contribution in [0.3, 0.4) is 0 Å². The number of hydrogen-bond acceptors (Lipinski definition) is 4. The molecule has 0 radical (unpaired) electrons. The van der Waals surface area contributed by atoms with Gasteiger partial charge >= 0.3 is 0 Å². The highest BCUT2D eigenvalue weighted by Gasteiger charge is 2.07. The molecule has 114 valence electrons. The van der Waals surface area contributed by atoms with Crippen LogP contribution in [0.4, 0.5) is 0 Å². The monoisotopic (exact) mass is 314 g/mol. The predicted octanol–water partition coefficient (Wildman–Crippen LogP) is 3.41. The molecule has 2 aromatic carbocycles. The minimum Gasteiger partial charge on any atom is -0.426 e. The molecule has 0 bridgehead atoms. The van der Waals surface area contributed by atoms with E-state index < -0.39 is 10.8 Å². The third kappa shape index (κ3) is 3.60. The Balaban J connectivity index is 1.59. The molecule has 0 fully saturated rings. The van der Waals surface area contributed by atoms with Crippen molar-refractivity contribution >= 4 is 21.6 Å². The van der Waals surface area contributed by atoms with Crippen LogP contribution in [0, 0.1) is 6.92 Å². The quantitative estimate of drug-likeness (QED) is 0.699. The third-order valence-corrected chi connectivity index (χ3v) is 4.90. The van der Waals surface area contributed by atoms with Crippen LogP contribution in [0.15, 0.2) is 46.9 Å². The number of hydrogen-bond donors (Lipinski definition) is 0. The van der Waals surface area contributed by atoms with Crippen molar-refractivity contribution in [3.63, 3.8) is 0 Å². The molecular formula is C17H18N2O2S. The molecule has 0 aliphatic rings. The molecule has 5 heteroatoms. The number of fused-ring (bicyclic) bond motifs is 1. The maximum absolute atomic E-state index is 12.3. The fourth-order valence-corrected chi connectivity index (χ4v) is 3.70. The first-order valence-electron chi connectivity index (χ1n) is 7.33. The molecule has 0 saturated heterocycles. The second kappa shape index (κ2) is 6.83. The fourth-order valence-electron chi connectivity index (χ4n) is 2.49. The predicted molar refractivity (Wildman–Crippen MR) is 88.0 cm³/mol. The topological polar surface area (TPSA) is 56.0 Å². The first-order valence-corrected chi connectivity index (χ1v) is 8.82. The summed E-state index contributed by atoms with van der Waals surface area (Å²) < 4.78 is 17.6. The van der Waals surface area contributed by atoms with Gasteiger partial charge in [-0.3, -0.25) is 4.21 Å². The Bertz CT molecular complexity index is 793. The van der Waals surface area contributed by atoms with E-state index in [1.807, 2.05) is 18.2 Å². The Morgan fingerprint density at radius 3 is 2.73 bits per heavy atom. The van der Waals surface area contributed by atoms with Crippen molar-refractivity contribution < 1.29 is 8.63 Å². The van der Waals surface area contributed by atoms with Gasteiger partial charge in [-0.2, -0.15) is 0 Å². The number of nitrogens with zero attached hydrogens (tertiary/aromatic N) is 2. The van der Waals surface area contributed by atoms with Crippen LogP contribution in [0.25, 0.3) is 10.8 Å². The number of aromatic nitrogens is 2. The molecule has 1 heterocycles. The van der Waals surface area contributed by atoms with E-state index in [0.717, 1.165) is 12.0 Å². The summed E-state index contributed by atoms with van der Waals surface area (Å²) in [6, 6.07) is 14.4. The summed E-state index contributed by atoms with van der Waals surface area (Å²) in [4.78, 5) is 0. The molecule has 0 spiro atoms. The summed E-state index contributed by atoms with van der Waals surface area (Å²) in [5.74, 6) is 2.43. The van der Waals surface area contributed by atoms with Gasteiger partial charge in [-0.25, -0.2) is 0 Å². The van der Waals surface area contributed by atoms with Gasteiger partial charge < -0.3 is 4.42 Å². The van der Waals surface area contributed by atoms with E-state index in [1.54, 1.807) is 6.92 Å². The maximum atomic E-state index is 12.3. The first-order chi connectivity index (χ1) is 10.7. The summed E-state index contributed by atoms with van der Waals surface area (Å²) in [5, 5.41) is 10.1. The van der Waals surface area contributed by atoms with Crippen LogP contribution in [-0.2, 0) is 23.0 Å². The minimum atomic E-state index is -0.884. The number of benzene rings is 2. The molecule has 0 N–H and O–H groups in total. The zero-order valence-corrected chi connectivity index (χ0v) is 13.3. The summed E-state index contributed by atoms with van der Waals surface area (Å²) in [6.07, 6.45) is 1.47. The van der Waals surface area contributed by atoms with Crippen molar-refractivity contribution in [2.75, 3.05) is 5.75 Å². The molecule has 1 aromatic heterocycles. The van der Waals surface area contributed by atoms with Gasteiger partial charge in [0.25, 0.3) is 0 Å². The van der Waals surface area contributed by atoms with Crippen LogP contribution in [-0.4, -0.2) is 20.2 Å². The molecule has 22 heavy (non-hydrogen) atoms. The van der Waals surface area contributed by atoms with E-state index >= 15 is 0 Å². The Hall–Kier alpha value is -2.01. The molecule has 0 aliphatic heterocycles. The Labute approximate surface area is 132 Å². The van der Waals surface area contributed by atoms with Crippen LogP contribution >= 0.6 is 0 Å². The lowest BCUT2D eigenvalue weighted by Gasteiger charge is -2.06. The van der Waals surface area contributed by atoms with Crippen molar-refractivity contribution in [1.29, 1.82) is 0 Å². The van der Waals surface area contributed by atoms with E-state index in [0.29, 0.717) is 29.7 Å². The summed E-state index contributed by atoms with van der Waals surface area (Å²) in [6.45, 7) is 1.77. The SMILES string of the molecule is Cc1nnc(CCC[S@@](=O)Cc2cccc3ccccc23)o1. The van der Waals surface area contributed by atoms with Gasteiger partial charge in [0.1, 0.15) is 0 Å². The minimum absolute atomic E-state index is 0.576. The lowest BCUT2D eigenvalue weighted by atomic mass is 10.1. The fraction of sp³-hybridized carbons (Fsp3) is 0.294. The Kier molecular flexibility index (Phi) is 4.63. The van der Waals surface area contributed by atoms with Gasteiger partial charge in [-0.1, -0.05) is 42.5 Å². The van der Waals surface area contributed by atoms with Gasteiger partial charge in [0.2, 0.25) is 11.8 Å². The second-order valence-electron chi connectivity index (χ2n) is 5.24. The molecule has 0 unspecified atom stereocenters. The Morgan fingerprint density at radius 2 is 1.91 bits per heavy atom. The average molecular weight is 314 g/mol. The summed E-state index contributed by atoms with van der Waals surface area (Å²) >= 11 is 0. The van der Waals surface area contributed by atoms with Gasteiger partial charge in [0.15, 0.2) is 0 Å². The number of aryl methyl sites for hydroxylation is 2. The Morgan fingerprint density at radius 1 is 1.09 bits per heavy atom. The van der Waals surface area contributed by atoms with Crippen molar-refractivity contribution in [1.82, 2.24) is 10.2 Å². The normalized spacial score (nSPS) is 12.6. The first kappa shape index (κ1) is 14.9. The molecule has 3 aromatic rings. The average Bonchev–Trinajstić information content (AvgIpc) is 2.93. The molecule has 3 rings (SSSR count). The van der Waals surface area contributed by atoms with E-state index in [1.165, 1.54) is 10.8 Å². The zero-order chi connectivity index (χ0) is 15.4. The smallest absolute Gasteiger partial charge is 0.216 e. The molecule has 4 nitrogen and oxygen atoms in total. The van der Waals surface area contributed by atoms with E-state index in [-0.39, 0.29) is 0 Å². The molecule has 0 amide bonds. The molecule has 1 atom stereocenters. The van der Waals surface area contributed by atoms with Crippen LogP contribution < -0.4 is 0 Å². The van der Waals surface area contributed by atoms with E-state index in [2.05, 4.69) is 34.5 Å². The van der Waals surface area contributed by atoms with Crippen LogP contribution in [0.5, 0.6) is 0 Å². The van der Waals surface area contributed by atoms with Crippen molar-refractivity contribution in [3.05, 3.63) is 59.8 Å². The van der Waals surface area contributed by atoms with E-state index in [9.17, 15) is 4.21 Å². The third-order valence-electron chi connectivity index (χ3n) is 3.53. The zero-order valence-electron chi connectivity index (χ0n) is 12.5. The van der Waals surface area contributed by atoms with Gasteiger partial charge in [-0.05, 0) is 22.8 Å². The second-order valence-corrected chi connectivity index (χ2v) is 6.82. The standard InChI is InChI=1S/C17H18N2O2S/c1-13-18-19-17(21-13)10-5-11-22(20)12-15-8-4-7-14-6-2-3-9-16(14)15/h2-4,6-9H,5,10-12H2,1H3/t22-/m1/s1. The molecule has 0 saturated carbocycles. The van der Waals surface area contributed by atoms with Gasteiger partial charge in [-0.15, -0.1) is 10.2 Å². The molecule has 0 aliphatic carbocycles. The largest absolute Gasteiger partial charge is 0.426 e. The lowest BCUT2D eigenvalue weighted by Crippen LogP contribution is -2.03. The van der Waals surface area contributed by atoms with Crippen LogP contribution in [0.1, 0.15) is 23.8 Å². The van der Waals surface area contributed by atoms with Gasteiger partial charge in [0, 0.05) is 35.6 Å². The number of rotatable bonds is 6. The van der Waals surface area contributed by atoms with Crippen molar-refractivity contribution in [3.8, 4) is 0 Å². The lowest BCUT2D eigenvalue weighted by molar-refractivity contribution is 0.465. The highest BCUT2D eigenvalue weighted by atomic mass is 32.2. The molecular weight excluding hydrogens is 296 g/mol. The van der Waals surface area contributed by atoms with Crippen molar-refractivity contribution in [2.45, 2.75) is 25.5 Å². The summed E-state index contributed by atoms with van der Waals surface area (Å²) in [5.41, 5.74) is 1.14. The van der Waals surface area contributed by atoms with E-state index in [4.69, 9.17) is 4.42 Å². The van der Waals surface area contributed by atoms with Gasteiger partial charge in [0.05, 0.1) is 0 Å². The highest BCUT2D eigenvalue weighted by Crippen LogP contribution is 2.20.